The minimum absolute atomic E-state index is 0.451. The molecule has 2 bridgehead atoms. The summed E-state index contributed by atoms with van der Waals surface area (Å²) in [5, 5.41) is 4.88. The van der Waals surface area contributed by atoms with Crippen molar-refractivity contribution in [2.24, 2.45) is 5.92 Å². The first-order valence-corrected chi connectivity index (χ1v) is 8.83. The molecule has 0 spiro atoms. The number of nitrogens with one attached hydrogen (secondary N) is 1. The maximum atomic E-state index is 5.99. The zero-order valence-corrected chi connectivity index (χ0v) is 13.6. The van der Waals surface area contributed by atoms with Gasteiger partial charge in [-0.15, -0.1) is 11.3 Å². The molecule has 0 saturated carbocycles. The molecule has 0 radical (unpaired) electrons. The third-order valence-electron chi connectivity index (χ3n) is 4.39. The first-order chi connectivity index (χ1) is 9.67. The third kappa shape index (κ3) is 2.92. The molecule has 0 aromatic carbocycles. The minimum Gasteiger partial charge on any atom is -0.374 e. The Morgan fingerprint density at radius 2 is 2.25 bits per heavy atom. The molecule has 1 aromatic rings. The van der Waals surface area contributed by atoms with Gasteiger partial charge in [0, 0.05) is 17.3 Å². The van der Waals surface area contributed by atoms with Crippen LogP contribution < -0.4 is 5.32 Å². The van der Waals surface area contributed by atoms with E-state index in [4.69, 9.17) is 9.72 Å². The Hall–Kier alpha value is -0.450. The predicted octanol–water partition coefficient (Wildman–Crippen LogP) is 3.49. The molecule has 2 saturated heterocycles. The van der Waals surface area contributed by atoms with Gasteiger partial charge < -0.3 is 10.1 Å². The maximum absolute atomic E-state index is 5.99. The van der Waals surface area contributed by atoms with E-state index in [1.165, 1.54) is 34.8 Å². The van der Waals surface area contributed by atoms with Crippen molar-refractivity contribution >= 4 is 11.3 Å². The molecule has 1 N–H and O–H groups in total. The van der Waals surface area contributed by atoms with Crippen LogP contribution in [0.2, 0.25) is 0 Å². The maximum Gasteiger partial charge on any atom is 0.0989 e. The van der Waals surface area contributed by atoms with Crippen molar-refractivity contribution in [3.05, 3.63) is 15.6 Å². The molecule has 3 unspecified atom stereocenters. The fourth-order valence-electron chi connectivity index (χ4n) is 3.35. The van der Waals surface area contributed by atoms with Crippen molar-refractivity contribution in [1.29, 1.82) is 0 Å². The number of aromatic nitrogens is 1. The molecule has 0 amide bonds. The number of thiazole rings is 1. The fourth-order valence-corrected chi connectivity index (χ4v) is 4.64. The molecule has 20 heavy (non-hydrogen) atoms. The highest BCUT2D eigenvalue weighted by Gasteiger charge is 2.43. The molecule has 112 valence electrons. The van der Waals surface area contributed by atoms with E-state index in [1.54, 1.807) is 0 Å². The van der Waals surface area contributed by atoms with Gasteiger partial charge >= 0.3 is 0 Å². The Morgan fingerprint density at radius 3 is 2.85 bits per heavy atom. The number of ether oxygens (including phenoxy) is 1. The lowest BCUT2D eigenvalue weighted by atomic mass is 9.90. The van der Waals surface area contributed by atoms with Crippen LogP contribution in [0.15, 0.2) is 0 Å². The zero-order valence-electron chi connectivity index (χ0n) is 12.8. The Kier molecular flexibility index (Phi) is 4.43. The second kappa shape index (κ2) is 6.12. The van der Waals surface area contributed by atoms with Gasteiger partial charge in [0.2, 0.25) is 0 Å². The predicted molar refractivity (Wildman–Crippen MR) is 83.3 cm³/mol. The van der Waals surface area contributed by atoms with Gasteiger partial charge in [0.1, 0.15) is 0 Å². The summed E-state index contributed by atoms with van der Waals surface area (Å²) in [5.74, 6) is 1.27. The van der Waals surface area contributed by atoms with Crippen LogP contribution in [-0.4, -0.2) is 23.7 Å². The van der Waals surface area contributed by atoms with E-state index >= 15 is 0 Å². The van der Waals surface area contributed by atoms with Gasteiger partial charge in [-0.2, -0.15) is 0 Å². The van der Waals surface area contributed by atoms with Crippen LogP contribution in [0.3, 0.4) is 0 Å². The average molecular weight is 294 g/mol. The van der Waals surface area contributed by atoms with Crippen molar-refractivity contribution in [1.82, 2.24) is 10.3 Å². The summed E-state index contributed by atoms with van der Waals surface area (Å²) in [6, 6.07) is 0. The average Bonchev–Trinajstić information content (AvgIpc) is 3.12. The smallest absolute Gasteiger partial charge is 0.0989 e. The highest BCUT2D eigenvalue weighted by Crippen LogP contribution is 2.45. The first kappa shape index (κ1) is 14.5. The lowest BCUT2D eigenvalue weighted by Gasteiger charge is -2.15. The van der Waals surface area contributed by atoms with E-state index in [0.717, 1.165) is 19.5 Å². The van der Waals surface area contributed by atoms with E-state index in [9.17, 15) is 0 Å². The normalized spacial score (nSPS) is 28.7. The molecular formula is C16H26N2OS. The molecule has 4 heteroatoms. The van der Waals surface area contributed by atoms with Gasteiger partial charge in [-0.3, -0.25) is 0 Å². The van der Waals surface area contributed by atoms with Crippen LogP contribution in [0, 0.1) is 5.92 Å². The summed E-state index contributed by atoms with van der Waals surface area (Å²) in [6.45, 7) is 8.76. The Bertz CT molecular complexity index is 457. The highest BCUT2D eigenvalue weighted by atomic mass is 32.1. The number of nitrogens with zero attached hydrogens (tertiary/aromatic N) is 1. The summed E-state index contributed by atoms with van der Waals surface area (Å²) < 4.78 is 5.99. The van der Waals surface area contributed by atoms with E-state index in [0.29, 0.717) is 24.0 Å². The van der Waals surface area contributed by atoms with Crippen LogP contribution in [0.5, 0.6) is 0 Å². The Labute approximate surface area is 126 Å². The monoisotopic (exact) mass is 294 g/mol. The van der Waals surface area contributed by atoms with Crippen LogP contribution >= 0.6 is 11.3 Å². The fraction of sp³-hybridized carbons (Fsp3) is 0.812. The molecule has 0 aliphatic carbocycles. The first-order valence-electron chi connectivity index (χ1n) is 8.02. The van der Waals surface area contributed by atoms with Gasteiger partial charge in [-0.25, -0.2) is 4.98 Å². The highest BCUT2D eigenvalue weighted by molar-refractivity contribution is 7.11. The number of fused-ring (bicyclic) bond motifs is 2. The quantitative estimate of drug-likeness (QED) is 0.872. The molecule has 1 aromatic heterocycles. The molecule has 2 aliphatic rings. The van der Waals surface area contributed by atoms with Gasteiger partial charge in [0.15, 0.2) is 0 Å². The van der Waals surface area contributed by atoms with Crippen molar-refractivity contribution in [2.75, 3.05) is 6.54 Å². The van der Waals surface area contributed by atoms with E-state index in [-0.39, 0.29) is 0 Å². The van der Waals surface area contributed by atoms with Crippen LogP contribution in [0.25, 0.3) is 0 Å². The summed E-state index contributed by atoms with van der Waals surface area (Å²) >= 11 is 1.92. The SMILES string of the molecule is CCc1nc(C2CC3CCC2O3)sc1CNCC(C)C. The molecule has 3 nitrogen and oxygen atoms in total. The molecule has 3 atom stereocenters. The van der Waals surface area contributed by atoms with Crippen LogP contribution in [0.1, 0.15) is 61.5 Å². The third-order valence-corrected chi connectivity index (χ3v) is 5.62. The molecule has 2 aliphatic heterocycles. The Morgan fingerprint density at radius 1 is 1.40 bits per heavy atom. The zero-order chi connectivity index (χ0) is 14.1. The van der Waals surface area contributed by atoms with Crippen LogP contribution in [-0.2, 0) is 17.7 Å². The summed E-state index contributed by atoms with van der Waals surface area (Å²) in [7, 11) is 0. The minimum atomic E-state index is 0.451. The van der Waals surface area contributed by atoms with E-state index in [2.05, 4.69) is 26.1 Å². The van der Waals surface area contributed by atoms with Gasteiger partial charge in [0.05, 0.1) is 22.9 Å². The molecular weight excluding hydrogens is 268 g/mol. The van der Waals surface area contributed by atoms with Crippen molar-refractivity contribution in [3.8, 4) is 0 Å². The molecule has 3 rings (SSSR count). The van der Waals surface area contributed by atoms with Crippen molar-refractivity contribution < 1.29 is 4.74 Å². The van der Waals surface area contributed by atoms with E-state index in [1.807, 2.05) is 11.3 Å². The van der Waals surface area contributed by atoms with Gasteiger partial charge in [-0.1, -0.05) is 20.8 Å². The van der Waals surface area contributed by atoms with Crippen molar-refractivity contribution in [3.63, 3.8) is 0 Å². The second-order valence-corrected chi connectivity index (χ2v) is 7.63. The number of hydrogen-bond donors (Lipinski definition) is 1. The lowest BCUT2D eigenvalue weighted by Crippen LogP contribution is -2.18. The standard InChI is InChI=1S/C16H26N2OS/c1-4-13-15(9-17-8-10(2)3)20-16(18-13)12-7-11-5-6-14(12)19-11/h10-12,14,17H,4-9H2,1-3H3. The summed E-state index contributed by atoms with van der Waals surface area (Å²) in [5.41, 5.74) is 1.30. The summed E-state index contributed by atoms with van der Waals surface area (Å²) in [4.78, 5) is 6.36. The molecule has 2 fully saturated rings. The molecule has 3 heterocycles. The van der Waals surface area contributed by atoms with Gasteiger partial charge in [-0.05, 0) is 38.1 Å². The van der Waals surface area contributed by atoms with E-state index < -0.39 is 0 Å². The lowest BCUT2D eigenvalue weighted by molar-refractivity contribution is 0.100. The van der Waals surface area contributed by atoms with Crippen LogP contribution in [0.4, 0.5) is 0 Å². The Balaban J connectivity index is 1.68. The summed E-state index contributed by atoms with van der Waals surface area (Å²) in [6.07, 6.45) is 5.69. The topological polar surface area (TPSA) is 34.1 Å². The van der Waals surface area contributed by atoms with Gasteiger partial charge in [0.25, 0.3) is 0 Å². The largest absolute Gasteiger partial charge is 0.374 e. The second-order valence-electron chi connectivity index (χ2n) is 6.52. The van der Waals surface area contributed by atoms with Crippen molar-refractivity contribution in [2.45, 2.75) is 71.1 Å². The number of rotatable bonds is 6. The number of aryl methyl sites for hydroxylation is 1. The number of hydrogen-bond acceptors (Lipinski definition) is 4.